The Balaban J connectivity index is 3.41. The van der Waals surface area contributed by atoms with E-state index < -0.39 is 23.1 Å². The Labute approximate surface area is 66.3 Å². The first-order valence-corrected chi connectivity index (χ1v) is 3.06. The molecule has 0 aromatic carbocycles. The van der Waals surface area contributed by atoms with Crippen molar-refractivity contribution in [3.8, 4) is 6.07 Å². The van der Waals surface area contributed by atoms with Gasteiger partial charge in [0.15, 0.2) is 5.43 Å². The van der Waals surface area contributed by atoms with Gasteiger partial charge >= 0.3 is 0 Å². The highest BCUT2D eigenvalue weighted by Gasteiger charge is 2.14. The van der Waals surface area contributed by atoms with Crippen LogP contribution in [0, 0.1) is 11.3 Å². The van der Waals surface area contributed by atoms with Crippen LogP contribution in [0.4, 0.5) is 8.78 Å². The van der Waals surface area contributed by atoms with Gasteiger partial charge in [0.25, 0.3) is 6.43 Å². The number of aromatic amines is 1. The Hall–Kier alpha value is -1.70. The lowest BCUT2D eigenvalue weighted by molar-refractivity contribution is 0.145. The first-order chi connectivity index (χ1) is 5.66. The monoisotopic (exact) mass is 170 g/mol. The van der Waals surface area contributed by atoms with Crippen LogP contribution < -0.4 is 5.43 Å². The van der Waals surface area contributed by atoms with Gasteiger partial charge in [-0.2, -0.15) is 5.26 Å². The zero-order valence-electron chi connectivity index (χ0n) is 5.84. The average molecular weight is 170 g/mol. The Kier molecular flexibility index (Phi) is 2.19. The molecule has 3 nitrogen and oxygen atoms in total. The number of nitriles is 1. The van der Waals surface area contributed by atoms with Crippen molar-refractivity contribution in [1.82, 2.24) is 4.98 Å². The molecule has 12 heavy (non-hydrogen) atoms. The van der Waals surface area contributed by atoms with Crippen molar-refractivity contribution in [3.05, 3.63) is 33.7 Å². The van der Waals surface area contributed by atoms with Crippen LogP contribution in [-0.4, -0.2) is 4.98 Å². The van der Waals surface area contributed by atoms with E-state index in [-0.39, 0.29) is 0 Å². The molecule has 0 unspecified atom stereocenters. The van der Waals surface area contributed by atoms with Gasteiger partial charge in [-0.3, -0.25) is 4.79 Å². The maximum absolute atomic E-state index is 12.1. The number of alkyl halides is 2. The number of rotatable bonds is 1. The quantitative estimate of drug-likeness (QED) is 0.688. The minimum Gasteiger partial charge on any atom is -0.359 e. The molecule has 0 spiro atoms. The van der Waals surface area contributed by atoms with Crippen LogP contribution in [-0.2, 0) is 0 Å². The topological polar surface area (TPSA) is 56.6 Å². The fourth-order valence-corrected chi connectivity index (χ4v) is 0.783. The van der Waals surface area contributed by atoms with Crippen molar-refractivity contribution in [1.29, 1.82) is 5.26 Å². The molecule has 0 radical (unpaired) electrons. The number of halogens is 2. The molecule has 0 atom stereocenters. The van der Waals surface area contributed by atoms with E-state index in [1.807, 2.05) is 0 Å². The van der Waals surface area contributed by atoms with Crippen molar-refractivity contribution in [2.75, 3.05) is 0 Å². The van der Waals surface area contributed by atoms with E-state index in [2.05, 4.69) is 4.98 Å². The number of nitrogens with one attached hydrogen (secondary N) is 1. The first-order valence-electron chi connectivity index (χ1n) is 3.06. The third-order valence-electron chi connectivity index (χ3n) is 1.32. The summed E-state index contributed by atoms with van der Waals surface area (Å²) in [6.45, 7) is 0. The molecule has 0 aliphatic carbocycles. The van der Waals surface area contributed by atoms with Crippen LogP contribution in [0.15, 0.2) is 17.1 Å². The fraction of sp³-hybridized carbons (Fsp3) is 0.143. The van der Waals surface area contributed by atoms with E-state index in [9.17, 15) is 13.6 Å². The van der Waals surface area contributed by atoms with Crippen LogP contribution >= 0.6 is 0 Å². The van der Waals surface area contributed by atoms with Crippen LogP contribution in [0.2, 0.25) is 0 Å². The number of H-pyrrole nitrogens is 1. The molecular formula is C7H4F2N2O. The molecule has 0 aliphatic rings. The summed E-state index contributed by atoms with van der Waals surface area (Å²) in [5.74, 6) is 0. The van der Waals surface area contributed by atoms with E-state index in [4.69, 9.17) is 5.26 Å². The second kappa shape index (κ2) is 3.13. The summed E-state index contributed by atoms with van der Waals surface area (Å²) < 4.78 is 24.1. The molecule has 0 amide bonds. The summed E-state index contributed by atoms with van der Waals surface area (Å²) in [6, 6.07) is 2.45. The lowest BCUT2D eigenvalue weighted by atomic mass is 10.2. The van der Waals surface area contributed by atoms with Gasteiger partial charge in [-0.15, -0.1) is 0 Å². The number of hydrogen-bond acceptors (Lipinski definition) is 2. The van der Waals surface area contributed by atoms with Crippen molar-refractivity contribution in [2.45, 2.75) is 6.43 Å². The lowest BCUT2D eigenvalue weighted by Crippen LogP contribution is -2.09. The van der Waals surface area contributed by atoms with E-state index in [1.165, 1.54) is 6.07 Å². The van der Waals surface area contributed by atoms with Gasteiger partial charge in [-0.1, -0.05) is 0 Å². The molecule has 1 aromatic heterocycles. The van der Waals surface area contributed by atoms with Gasteiger partial charge in [-0.25, -0.2) is 8.78 Å². The summed E-state index contributed by atoms with van der Waals surface area (Å²) in [4.78, 5) is 13.0. The van der Waals surface area contributed by atoms with Gasteiger partial charge in [0.1, 0.15) is 17.3 Å². The van der Waals surface area contributed by atoms with Gasteiger partial charge < -0.3 is 4.98 Å². The molecule has 1 N–H and O–H groups in total. The molecule has 1 heterocycles. The minimum atomic E-state index is -2.83. The van der Waals surface area contributed by atoms with Crippen LogP contribution in [0.25, 0.3) is 0 Å². The molecule has 0 saturated heterocycles. The molecule has 1 rings (SSSR count). The second-order valence-corrected chi connectivity index (χ2v) is 2.04. The summed E-state index contributed by atoms with van der Waals surface area (Å²) >= 11 is 0. The summed E-state index contributed by atoms with van der Waals surface area (Å²) in [7, 11) is 0. The number of aromatic nitrogens is 1. The Morgan fingerprint density at radius 2 is 2.25 bits per heavy atom. The second-order valence-electron chi connectivity index (χ2n) is 2.04. The van der Waals surface area contributed by atoms with E-state index >= 15 is 0 Å². The molecule has 0 aliphatic heterocycles. The van der Waals surface area contributed by atoms with Crippen LogP contribution in [0.3, 0.4) is 0 Å². The van der Waals surface area contributed by atoms with E-state index in [1.54, 1.807) is 0 Å². The van der Waals surface area contributed by atoms with Gasteiger partial charge in [-0.05, 0) is 0 Å². The number of pyridine rings is 1. The average Bonchev–Trinajstić information content (AvgIpc) is 2.03. The minimum absolute atomic E-state index is 0.521. The third-order valence-corrected chi connectivity index (χ3v) is 1.32. The maximum atomic E-state index is 12.1. The third kappa shape index (κ3) is 1.32. The molecule has 1 aromatic rings. The Morgan fingerprint density at radius 1 is 1.58 bits per heavy atom. The van der Waals surface area contributed by atoms with Crippen molar-refractivity contribution in [2.24, 2.45) is 0 Å². The molecular weight excluding hydrogens is 166 g/mol. The zero-order valence-corrected chi connectivity index (χ0v) is 5.84. The van der Waals surface area contributed by atoms with Crippen LogP contribution in [0.1, 0.15) is 17.7 Å². The molecule has 0 saturated carbocycles. The smallest absolute Gasteiger partial charge is 0.279 e. The molecule has 5 heteroatoms. The van der Waals surface area contributed by atoms with Gasteiger partial charge in [0.05, 0.1) is 0 Å². The normalized spacial score (nSPS) is 9.83. The molecule has 0 bridgehead atoms. The fourth-order valence-electron chi connectivity index (χ4n) is 0.783. The molecule has 0 fully saturated rings. The highest BCUT2D eigenvalue weighted by molar-refractivity contribution is 5.33. The summed E-state index contributed by atoms with van der Waals surface area (Å²) in [5.41, 5.74) is -1.83. The van der Waals surface area contributed by atoms with Crippen molar-refractivity contribution < 1.29 is 8.78 Å². The summed E-state index contributed by atoms with van der Waals surface area (Å²) in [5, 5.41) is 8.34. The lowest BCUT2D eigenvalue weighted by Gasteiger charge is -1.99. The largest absolute Gasteiger partial charge is 0.359 e. The predicted octanol–water partition coefficient (Wildman–Crippen LogP) is 1.18. The van der Waals surface area contributed by atoms with Crippen molar-refractivity contribution >= 4 is 0 Å². The zero-order chi connectivity index (χ0) is 9.14. The number of hydrogen-bond donors (Lipinski definition) is 1. The highest BCUT2D eigenvalue weighted by Crippen LogP contribution is 2.16. The molecule has 62 valence electrons. The first kappa shape index (κ1) is 8.40. The predicted molar refractivity (Wildman–Crippen MR) is 36.7 cm³/mol. The van der Waals surface area contributed by atoms with Gasteiger partial charge in [0, 0.05) is 12.3 Å². The standard InChI is InChI=1S/C7H4F2N2O/c8-7(9)6-4(3-10)5(12)1-2-11-6/h1-2,7H,(H,11,12). The summed E-state index contributed by atoms with van der Waals surface area (Å²) in [6.07, 6.45) is -1.74. The Morgan fingerprint density at radius 3 is 2.67 bits per heavy atom. The van der Waals surface area contributed by atoms with Crippen molar-refractivity contribution in [3.63, 3.8) is 0 Å². The maximum Gasteiger partial charge on any atom is 0.279 e. The number of nitrogens with zero attached hydrogens (tertiary/aromatic N) is 1. The highest BCUT2D eigenvalue weighted by atomic mass is 19.3. The van der Waals surface area contributed by atoms with E-state index in [0.717, 1.165) is 12.3 Å². The SMILES string of the molecule is N#Cc1c(C(F)F)[nH]ccc1=O. The van der Waals surface area contributed by atoms with E-state index in [0.29, 0.717) is 0 Å². The van der Waals surface area contributed by atoms with Gasteiger partial charge in [0.2, 0.25) is 0 Å². The Bertz CT molecular complexity index is 378. The van der Waals surface area contributed by atoms with Crippen LogP contribution in [0.5, 0.6) is 0 Å².